The summed E-state index contributed by atoms with van der Waals surface area (Å²) in [4.78, 5) is 17.9. The van der Waals surface area contributed by atoms with Gasteiger partial charge >= 0.3 is 0 Å². The van der Waals surface area contributed by atoms with Crippen molar-refractivity contribution in [3.63, 3.8) is 0 Å². The first kappa shape index (κ1) is 15.3. The molecule has 0 amide bonds. The molecule has 7 nitrogen and oxygen atoms in total. The molecule has 1 aliphatic heterocycles. The van der Waals surface area contributed by atoms with Gasteiger partial charge in [0.2, 0.25) is 5.95 Å². The van der Waals surface area contributed by atoms with Gasteiger partial charge < -0.3 is 9.80 Å². The zero-order valence-electron chi connectivity index (χ0n) is 13.4. The van der Waals surface area contributed by atoms with Crippen LogP contribution in [-0.2, 0) is 0 Å². The predicted octanol–water partition coefficient (Wildman–Crippen LogP) is 2.39. The van der Waals surface area contributed by atoms with Crippen LogP contribution >= 0.6 is 15.9 Å². The Morgan fingerprint density at radius 1 is 1.12 bits per heavy atom. The summed E-state index contributed by atoms with van der Waals surface area (Å²) < 4.78 is 2.77. The Bertz CT molecular complexity index is 824. The molecule has 0 saturated carbocycles. The van der Waals surface area contributed by atoms with Crippen LogP contribution < -0.4 is 9.80 Å². The fraction of sp³-hybridized carbons (Fsp3) is 0.375. The summed E-state index contributed by atoms with van der Waals surface area (Å²) in [6.07, 6.45) is 11.2. The molecule has 0 bridgehead atoms. The van der Waals surface area contributed by atoms with Crippen molar-refractivity contribution in [2.45, 2.75) is 18.9 Å². The normalized spacial score (nSPS) is 15.8. The van der Waals surface area contributed by atoms with Crippen LogP contribution in [0, 0.1) is 0 Å². The molecule has 8 heteroatoms. The average Bonchev–Trinajstić information content (AvgIpc) is 3.11. The van der Waals surface area contributed by atoms with E-state index in [0.717, 1.165) is 47.7 Å². The third-order valence-corrected chi connectivity index (χ3v) is 4.95. The predicted molar refractivity (Wildman–Crippen MR) is 96.4 cm³/mol. The van der Waals surface area contributed by atoms with Gasteiger partial charge in [0.1, 0.15) is 5.52 Å². The van der Waals surface area contributed by atoms with Crippen molar-refractivity contribution < 1.29 is 0 Å². The molecule has 0 aliphatic carbocycles. The Hall–Kier alpha value is -2.22. The Labute approximate surface area is 148 Å². The van der Waals surface area contributed by atoms with E-state index in [0.29, 0.717) is 6.04 Å². The summed E-state index contributed by atoms with van der Waals surface area (Å²) in [5.41, 5.74) is 1.06. The minimum absolute atomic E-state index is 0.437. The van der Waals surface area contributed by atoms with Gasteiger partial charge in [0.25, 0.3) is 0 Å². The van der Waals surface area contributed by atoms with Crippen LogP contribution in [0.25, 0.3) is 5.52 Å². The fourth-order valence-electron chi connectivity index (χ4n) is 3.20. The summed E-state index contributed by atoms with van der Waals surface area (Å²) >= 11 is 3.38. The lowest BCUT2D eigenvalue weighted by molar-refractivity contribution is 0.475. The second kappa shape index (κ2) is 6.35. The first-order valence-corrected chi connectivity index (χ1v) is 8.75. The zero-order valence-corrected chi connectivity index (χ0v) is 15.0. The Balaban J connectivity index is 1.47. The van der Waals surface area contributed by atoms with E-state index in [-0.39, 0.29) is 0 Å². The molecule has 0 unspecified atom stereocenters. The molecule has 124 valence electrons. The van der Waals surface area contributed by atoms with Crippen molar-refractivity contribution in [2.24, 2.45) is 0 Å². The lowest BCUT2D eigenvalue weighted by atomic mass is 10.0. The maximum Gasteiger partial charge on any atom is 0.225 e. The molecule has 0 spiro atoms. The van der Waals surface area contributed by atoms with E-state index in [4.69, 9.17) is 0 Å². The number of hydrogen-bond donors (Lipinski definition) is 0. The minimum Gasteiger partial charge on any atom is -0.355 e. The van der Waals surface area contributed by atoms with Crippen molar-refractivity contribution in [2.75, 3.05) is 29.9 Å². The van der Waals surface area contributed by atoms with Crippen LogP contribution in [-0.4, -0.2) is 50.7 Å². The van der Waals surface area contributed by atoms with Crippen molar-refractivity contribution in [3.05, 3.63) is 41.5 Å². The monoisotopic (exact) mass is 387 g/mol. The number of halogens is 1. The van der Waals surface area contributed by atoms with Gasteiger partial charge in [0.05, 0.1) is 10.7 Å². The number of fused-ring (bicyclic) bond motifs is 1. The molecule has 0 radical (unpaired) electrons. The summed E-state index contributed by atoms with van der Waals surface area (Å²) in [6.45, 7) is 1.92. The molecular weight excluding hydrogens is 370 g/mol. The van der Waals surface area contributed by atoms with E-state index < -0.39 is 0 Å². The molecule has 4 rings (SSSR count). The van der Waals surface area contributed by atoms with Gasteiger partial charge in [0, 0.05) is 51.0 Å². The largest absolute Gasteiger partial charge is 0.355 e. The maximum atomic E-state index is 4.56. The Kier molecular flexibility index (Phi) is 4.05. The molecule has 0 N–H and O–H groups in total. The molecule has 3 aromatic heterocycles. The van der Waals surface area contributed by atoms with Crippen LogP contribution in [0.15, 0.2) is 41.5 Å². The first-order valence-electron chi connectivity index (χ1n) is 7.96. The minimum atomic E-state index is 0.437. The number of hydrogen-bond acceptors (Lipinski definition) is 6. The maximum absolute atomic E-state index is 4.56. The molecular formula is C16H18BrN7. The van der Waals surface area contributed by atoms with Crippen LogP contribution in [0.3, 0.4) is 0 Å². The van der Waals surface area contributed by atoms with Crippen LogP contribution in [0.5, 0.6) is 0 Å². The van der Waals surface area contributed by atoms with Gasteiger partial charge in [-0.2, -0.15) is 5.10 Å². The van der Waals surface area contributed by atoms with Crippen LogP contribution in [0.2, 0.25) is 0 Å². The van der Waals surface area contributed by atoms with Gasteiger partial charge in [0.15, 0.2) is 5.82 Å². The molecule has 0 atom stereocenters. The third kappa shape index (κ3) is 2.82. The fourth-order valence-corrected chi connectivity index (χ4v) is 3.41. The smallest absolute Gasteiger partial charge is 0.225 e. The lowest BCUT2D eigenvalue weighted by Crippen LogP contribution is -2.44. The molecule has 1 aliphatic rings. The summed E-state index contributed by atoms with van der Waals surface area (Å²) in [5, 5.41) is 4.29. The molecule has 4 heterocycles. The Morgan fingerprint density at radius 3 is 2.62 bits per heavy atom. The third-order valence-electron chi connectivity index (χ3n) is 4.54. The first-order chi connectivity index (χ1) is 11.7. The zero-order chi connectivity index (χ0) is 16.5. The van der Waals surface area contributed by atoms with Gasteiger partial charge in [-0.25, -0.2) is 19.5 Å². The van der Waals surface area contributed by atoms with E-state index in [9.17, 15) is 0 Å². The van der Waals surface area contributed by atoms with E-state index in [1.165, 1.54) is 0 Å². The van der Waals surface area contributed by atoms with Crippen LogP contribution in [0.4, 0.5) is 11.8 Å². The highest BCUT2D eigenvalue weighted by Crippen LogP contribution is 2.25. The SMILES string of the molecule is CN(c1ncc(Br)cn1)C1CCN(c2nccn3nccc23)CC1. The van der Waals surface area contributed by atoms with Crippen LogP contribution in [0.1, 0.15) is 12.8 Å². The number of aromatic nitrogens is 5. The lowest BCUT2D eigenvalue weighted by Gasteiger charge is -2.37. The highest BCUT2D eigenvalue weighted by atomic mass is 79.9. The van der Waals surface area contributed by atoms with Crippen molar-refractivity contribution >= 4 is 33.2 Å². The topological polar surface area (TPSA) is 62.5 Å². The van der Waals surface area contributed by atoms with Crippen molar-refractivity contribution in [1.29, 1.82) is 0 Å². The molecule has 24 heavy (non-hydrogen) atoms. The summed E-state index contributed by atoms with van der Waals surface area (Å²) in [5.74, 6) is 1.78. The van der Waals surface area contributed by atoms with Gasteiger partial charge in [-0.15, -0.1) is 0 Å². The summed E-state index contributed by atoms with van der Waals surface area (Å²) in [6, 6.07) is 2.45. The molecule has 1 fully saturated rings. The highest BCUT2D eigenvalue weighted by molar-refractivity contribution is 9.10. The van der Waals surface area contributed by atoms with E-state index in [1.54, 1.807) is 12.4 Å². The number of nitrogens with zero attached hydrogens (tertiary/aromatic N) is 7. The highest BCUT2D eigenvalue weighted by Gasteiger charge is 2.25. The van der Waals surface area contributed by atoms with Crippen molar-refractivity contribution in [1.82, 2.24) is 24.6 Å². The second-order valence-electron chi connectivity index (χ2n) is 5.94. The van der Waals surface area contributed by atoms with Gasteiger partial charge in [-0.3, -0.25) is 0 Å². The van der Waals surface area contributed by atoms with Crippen molar-refractivity contribution in [3.8, 4) is 0 Å². The van der Waals surface area contributed by atoms with E-state index in [1.807, 2.05) is 29.2 Å². The molecule has 0 aromatic carbocycles. The van der Waals surface area contributed by atoms with E-state index in [2.05, 4.69) is 52.8 Å². The van der Waals surface area contributed by atoms with Gasteiger partial charge in [-0.1, -0.05) is 0 Å². The standard InChI is InChI=1S/C16H18BrN7/c1-22(16-19-10-12(17)11-20-16)13-3-7-23(8-4-13)15-14-2-5-21-24(14)9-6-18-15/h2,5-6,9-11,13H,3-4,7-8H2,1H3. The number of rotatable bonds is 3. The summed E-state index contributed by atoms with van der Waals surface area (Å²) in [7, 11) is 2.07. The van der Waals surface area contributed by atoms with Gasteiger partial charge in [-0.05, 0) is 34.8 Å². The quantitative estimate of drug-likeness (QED) is 0.687. The van der Waals surface area contributed by atoms with E-state index >= 15 is 0 Å². The second-order valence-corrected chi connectivity index (χ2v) is 6.86. The molecule has 1 saturated heterocycles. The Morgan fingerprint density at radius 2 is 1.88 bits per heavy atom. The number of anilines is 2. The molecule has 3 aromatic rings. The average molecular weight is 388 g/mol. The number of piperidine rings is 1.